The number of hydrogen-bond acceptors (Lipinski definition) is 3. The van der Waals surface area contributed by atoms with Crippen LogP contribution in [0.5, 0.6) is 0 Å². The summed E-state index contributed by atoms with van der Waals surface area (Å²) in [5.74, 6) is -0.897. The summed E-state index contributed by atoms with van der Waals surface area (Å²) in [6.07, 6.45) is 0. The standard InChI is InChI=1S/C23H18N4O2/c28-22(18-12-6-2-7-13-18)24-25-23(29)20-16-21(17-10-4-1-5-11-17)27(26-20)19-14-8-3-9-15-19/h1-16H,(H,24,28)(H,25,29). The maximum atomic E-state index is 12.6. The fourth-order valence-electron chi connectivity index (χ4n) is 2.91. The average molecular weight is 382 g/mol. The first kappa shape index (κ1) is 18.2. The van der Waals surface area contributed by atoms with E-state index < -0.39 is 11.8 Å². The van der Waals surface area contributed by atoms with E-state index >= 15 is 0 Å². The number of hydrogen-bond donors (Lipinski definition) is 2. The van der Waals surface area contributed by atoms with E-state index in [1.165, 1.54) is 0 Å². The van der Waals surface area contributed by atoms with Gasteiger partial charge in [-0.1, -0.05) is 66.7 Å². The van der Waals surface area contributed by atoms with Crippen LogP contribution in [-0.2, 0) is 0 Å². The van der Waals surface area contributed by atoms with Crippen LogP contribution in [0.2, 0.25) is 0 Å². The lowest BCUT2D eigenvalue weighted by Gasteiger charge is -2.07. The van der Waals surface area contributed by atoms with Crippen molar-refractivity contribution in [3.05, 3.63) is 108 Å². The fourth-order valence-corrected chi connectivity index (χ4v) is 2.91. The monoisotopic (exact) mass is 382 g/mol. The van der Waals surface area contributed by atoms with E-state index in [9.17, 15) is 9.59 Å². The Balaban J connectivity index is 1.60. The minimum Gasteiger partial charge on any atom is -0.267 e. The van der Waals surface area contributed by atoms with Gasteiger partial charge in [0.25, 0.3) is 11.8 Å². The maximum absolute atomic E-state index is 12.6. The molecule has 6 heteroatoms. The van der Waals surface area contributed by atoms with E-state index in [1.807, 2.05) is 66.7 Å². The second-order valence-corrected chi connectivity index (χ2v) is 6.30. The fraction of sp³-hybridized carbons (Fsp3) is 0. The zero-order chi connectivity index (χ0) is 20.1. The first-order valence-electron chi connectivity index (χ1n) is 9.09. The van der Waals surface area contributed by atoms with Gasteiger partial charge in [-0.15, -0.1) is 0 Å². The Morgan fingerprint density at radius 1 is 0.690 bits per heavy atom. The van der Waals surface area contributed by atoms with Crippen LogP contribution in [0, 0.1) is 0 Å². The molecule has 1 heterocycles. The number of para-hydroxylation sites is 1. The van der Waals surface area contributed by atoms with Crippen molar-refractivity contribution in [2.24, 2.45) is 0 Å². The Bertz CT molecular complexity index is 1070. The van der Waals surface area contributed by atoms with E-state index in [0.717, 1.165) is 16.9 Å². The Labute approximate surface area is 167 Å². The predicted molar refractivity (Wildman–Crippen MR) is 110 cm³/mol. The van der Waals surface area contributed by atoms with E-state index in [-0.39, 0.29) is 5.69 Å². The van der Waals surface area contributed by atoms with Crippen molar-refractivity contribution in [2.75, 3.05) is 0 Å². The van der Waals surface area contributed by atoms with Crippen LogP contribution < -0.4 is 10.9 Å². The summed E-state index contributed by atoms with van der Waals surface area (Å²) in [6, 6.07) is 29.6. The lowest BCUT2D eigenvalue weighted by Crippen LogP contribution is -2.41. The summed E-state index contributed by atoms with van der Waals surface area (Å²) in [4.78, 5) is 24.8. The van der Waals surface area contributed by atoms with Crippen LogP contribution in [0.4, 0.5) is 0 Å². The molecule has 4 rings (SSSR count). The predicted octanol–water partition coefficient (Wildman–Crippen LogP) is 3.61. The molecule has 6 nitrogen and oxygen atoms in total. The van der Waals surface area contributed by atoms with E-state index in [4.69, 9.17) is 0 Å². The number of aromatic nitrogens is 2. The van der Waals surface area contributed by atoms with E-state index in [1.54, 1.807) is 35.0 Å². The third-order valence-electron chi connectivity index (χ3n) is 4.34. The molecule has 142 valence electrons. The lowest BCUT2D eigenvalue weighted by molar-refractivity contribution is 0.0843. The molecule has 3 aromatic carbocycles. The van der Waals surface area contributed by atoms with Gasteiger partial charge < -0.3 is 0 Å². The Morgan fingerprint density at radius 3 is 1.90 bits per heavy atom. The third-order valence-corrected chi connectivity index (χ3v) is 4.34. The normalized spacial score (nSPS) is 10.3. The zero-order valence-electron chi connectivity index (χ0n) is 15.4. The molecule has 4 aromatic rings. The summed E-state index contributed by atoms with van der Waals surface area (Å²) in [6.45, 7) is 0. The van der Waals surface area contributed by atoms with Crippen LogP contribution in [0.3, 0.4) is 0 Å². The highest BCUT2D eigenvalue weighted by Gasteiger charge is 2.17. The summed E-state index contributed by atoms with van der Waals surface area (Å²) < 4.78 is 1.71. The van der Waals surface area contributed by atoms with Gasteiger partial charge in [0, 0.05) is 11.1 Å². The van der Waals surface area contributed by atoms with Crippen molar-refractivity contribution in [1.82, 2.24) is 20.6 Å². The SMILES string of the molecule is O=C(NNC(=O)c1cc(-c2ccccc2)n(-c2ccccc2)n1)c1ccccc1. The summed E-state index contributed by atoms with van der Waals surface area (Å²) in [5, 5.41) is 4.46. The number of rotatable bonds is 4. The number of carbonyl (C=O) groups is 2. The number of benzene rings is 3. The maximum Gasteiger partial charge on any atom is 0.290 e. The zero-order valence-corrected chi connectivity index (χ0v) is 15.4. The van der Waals surface area contributed by atoms with Crippen LogP contribution in [0.15, 0.2) is 97.1 Å². The van der Waals surface area contributed by atoms with Crippen molar-refractivity contribution in [3.63, 3.8) is 0 Å². The number of carbonyl (C=O) groups excluding carboxylic acids is 2. The first-order chi connectivity index (χ1) is 14.2. The van der Waals surface area contributed by atoms with E-state index in [2.05, 4.69) is 16.0 Å². The molecule has 0 unspecified atom stereocenters. The molecule has 0 radical (unpaired) electrons. The van der Waals surface area contributed by atoms with Crippen LogP contribution in [0.25, 0.3) is 16.9 Å². The average Bonchev–Trinajstić information content (AvgIpc) is 3.25. The van der Waals surface area contributed by atoms with Crippen LogP contribution in [-0.4, -0.2) is 21.6 Å². The third kappa shape index (κ3) is 4.06. The van der Waals surface area contributed by atoms with Gasteiger partial charge in [0.15, 0.2) is 5.69 Å². The highest BCUT2D eigenvalue weighted by atomic mass is 16.2. The van der Waals surface area contributed by atoms with Gasteiger partial charge in [-0.2, -0.15) is 5.10 Å². The quantitative estimate of drug-likeness (QED) is 0.530. The summed E-state index contributed by atoms with van der Waals surface area (Å²) in [7, 11) is 0. The molecule has 0 fully saturated rings. The molecule has 0 aliphatic carbocycles. The van der Waals surface area contributed by atoms with Gasteiger partial charge in [0.1, 0.15) is 0 Å². The Hall–Kier alpha value is -4.19. The minimum absolute atomic E-state index is 0.195. The number of amides is 2. The highest BCUT2D eigenvalue weighted by Crippen LogP contribution is 2.23. The first-order valence-corrected chi connectivity index (χ1v) is 9.09. The molecule has 0 saturated carbocycles. The largest absolute Gasteiger partial charge is 0.290 e. The highest BCUT2D eigenvalue weighted by molar-refractivity contribution is 5.98. The molecule has 0 bridgehead atoms. The minimum atomic E-state index is -0.499. The number of hydrazine groups is 1. The summed E-state index contributed by atoms with van der Waals surface area (Å²) in [5.41, 5.74) is 8.02. The molecular formula is C23H18N4O2. The van der Waals surface area contributed by atoms with Crippen molar-refractivity contribution < 1.29 is 9.59 Å². The number of nitrogens with zero attached hydrogens (tertiary/aromatic N) is 2. The van der Waals surface area contributed by atoms with Gasteiger partial charge >= 0.3 is 0 Å². The second kappa shape index (κ2) is 8.22. The molecular weight excluding hydrogens is 364 g/mol. The molecule has 0 aliphatic heterocycles. The molecule has 0 saturated heterocycles. The van der Waals surface area contributed by atoms with Gasteiger partial charge in [0.05, 0.1) is 11.4 Å². The molecule has 29 heavy (non-hydrogen) atoms. The smallest absolute Gasteiger partial charge is 0.267 e. The van der Waals surface area contributed by atoms with Gasteiger partial charge in [-0.25, -0.2) is 4.68 Å². The lowest BCUT2D eigenvalue weighted by atomic mass is 10.1. The van der Waals surface area contributed by atoms with Gasteiger partial charge in [-0.3, -0.25) is 20.4 Å². The molecule has 2 N–H and O–H groups in total. The Morgan fingerprint density at radius 2 is 1.24 bits per heavy atom. The van der Waals surface area contributed by atoms with Crippen molar-refractivity contribution in [1.29, 1.82) is 0 Å². The van der Waals surface area contributed by atoms with Crippen molar-refractivity contribution >= 4 is 11.8 Å². The molecule has 2 amide bonds. The Kier molecular flexibility index (Phi) is 5.16. The molecule has 1 aromatic heterocycles. The summed E-state index contributed by atoms with van der Waals surface area (Å²) >= 11 is 0. The van der Waals surface area contributed by atoms with Crippen molar-refractivity contribution in [2.45, 2.75) is 0 Å². The van der Waals surface area contributed by atoms with Gasteiger partial charge in [-0.05, 0) is 30.3 Å². The van der Waals surface area contributed by atoms with Crippen LogP contribution >= 0.6 is 0 Å². The second-order valence-electron chi connectivity index (χ2n) is 6.30. The van der Waals surface area contributed by atoms with E-state index in [0.29, 0.717) is 5.56 Å². The van der Waals surface area contributed by atoms with Crippen molar-refractivity contribution in [3.8, 4) is 16.9 Å². The van der Waals surface area contributed by atoms with Crippen LogP contribution in [0.1, 0.15) is 20.8 Å². The van der Waals surface area contributed by atoms with Gasteiger partial charge in [0.2, 0.25) is 0 Å². The topological polar surface area (TPSA) is 76.0 Å². The molecule has 0 aliphatic rings. The molecule has 0 spiro atoms. The number of nitrogens with one attached hydrogen (secondary N) is 2. The molecule has 0 atom stereocenters.